The molecule has 2 aliphatic rings. The first-order chi connectivity index (χ1) is 30.7. The average molecular weight is 909 g/mol. The van der Waals surface area contributed by atoms with E-state index < -0.39 is 107 Å². The molecule has 0 aliphatic carbocycles. The van der Waals surface area contributed by atoms with Gasteiger partial charge in [0.25, 0.3) is 0 Å². The molecule has 0 bridgehead atoms. The van der Waals surface area contributed by atoms with E-state index in [1.807, 2.05) is 0 Å². The highest BCUT2D eigenvalue weighted by atomic mass is 16.7. The Morgan fingerprint density at radius 1 is 0.492 bits per heavy atom. The third kappa shape index (κ3) is 9.01. The second kappa shape index (κ2) is 17.9. The summed E-state index contributed by atoms with van der Waals surface area (Å²) in [5, 5.41) is 127. The Kier molecular flexibility index (Phi) is 12.6. The quantitative estimate of drug-likeness (QED) is 0.0893. The van der Waals surface area contributed by atoms with Crippen molar-refractivity contribution in [2.45, 2.75) is 61.4 Å². The maximum Gasteiger partial charge on any atom is 0.335 e. The molecule has 10 atom stereocenters. The molecule has 2 saturated heterocycles. The molecule has 0 amide bonds. The summed E-state index contributed by atoms with van der Waals surface area (Å²) in [5.74, 6) is -6.12. The number of hydrogen-bond donors (Lipinski definition) is 13. The summed E-state index contributed by atoms with van der Waals surface area (Å²) in [7, 11) is 0. The van der Waals surface area contributed by atoms with E-state index in [0.717, 1.165) is 24.3 Å². The lowest BCUT2D eigenvalue weighted by atomic mass is 9.99. The monoisotopic (exact) mass is 908 g/mol. The Hall–Kier alpha value is -7.48. The fraction of sp³-hybridized carbons (Fsp3) is 0.238. The number of aliphatic hydroxyl groups is 6. The van der Waals surface area contributed by atoms with Crippen LogP contribution in [0.5, 0.6) is 40.2 Å². The van der Waals surface area contributed by atoms with Crippen LogP contribution in [0.2, 0.25) is 0 Å². The van der Waals surface area contributed by atoms with Crippen LogP contribution in [-0.2, 0) is 19.1 Å². The topological polar surface area (TPSA) is 394 Å². The van der Waals surface area contributed by atoms with Crippen molar-refractivity contribution in [2.24, 2.45) is 0 Å². The molecular weight excluding hydrogens is 872 g/mol. The van der Waals surface area contributed by atoms with E-state index >= 15 is 0 Å². The van der Waals surface area contributed by atoms with Crippen LogP contribution >= 0.6 is 0 Å². The molecule has 4 aromatic carbocycles. The lowest BCUT2D eigenvalue weighted by molar-refractivity contribution is -0.271. The van der Waals surface area contributed by atoms with Crippen molar-refractivity contribution in [3.8, 4) is 62.9 Å². The second-order valence-electron chi connectivity index (χ2n) is 14.5. The van der Waals surface area contributed by atoms with Crippen LogP contribution in [0.4, 0.5) is 0 Å². The van der Waals surface area contributed by atoms with Gasteiger partial charge >= 0.3 is 11.9 Å². The molecule has 2 aliphatic heterocycles. The van der Waals surface area contributed by atoms with E-state index in [4.69, 9.17) is 38.0 Å². The number of carboxylic acid groups (broad SMARTS) is 2. The maximum atomic E-state index is 12.6. The summed E-state index contributed by atoms with van der Waals surface area (Å²) in [4.78, 5) is 47.6. The zero-order valence-corrected chi connectivity index (χ0v) is 32.7. The third-order valence-corrected chi connectivity index (χ3v) is 10.1. The van der Waals surface area contributed by atoms with Crippen molar-refractivity contribution in [3.05, 3.63) is 99.3 Å². The molecule has 0 radical (unpaired) electrons. The number of ether oxygens (including phenoxy) is 4. The number of benzene rings is 4. The number of carboxylic acids is 2. The van der Waals surface area contributed by atoms with Crippen LogP contribution < -0.4 is 20.3 Å². The molecule has 23 nitrogen and oxygen atoms in total. The number of phenols is 5. The van der Waals surface area contributed by atoms with Gasteiger partial charge in [-0.25, -0.2) is 9.59 Å². The van der Waals surface area contributed by atoms with Crippen LogP contribution in [-0.4, -0.2) is 140 Å². The summed E-state index contributed by atoms with van der Waals surface area (Å²) >= 11 is 0. The number of carbonyl (C=O) groups is 2. The Morgan fingerprint density at radius 2 is 0.923 bits per heavy atom. The smallest absolute Gasteiger partial charge is 0.335 e. The molecule has 2 fully saturated rings. The first kappa shape index (κ1) is 45.5. The molecule has 2 aromatic heterocycles. The minimum atomic E-state index is -1.96. The van der Waals surface area contributed by atoms with Crippen LogP contribution in [0.1, 0.15) is 0 Å². The number of aromatic hydroxyl groups is 5. The van der Waals surface area contributed by atoms with Gasteiger partial charge in [0, 0.05) is 41.5 Å². The minimum absolute atomic E-state index is 0.0156. The van der Waals surface area contributed by atoms with Crippen molar-refractivity contribution < 1.29 is 104 Å². The Bertz CT molecular complexity index is 2870. The molecule has 0 spiro atoms. The van der Waals surface area contributed by atoms with Gasteiger partial charge in [-0.3, -0.25) is 9.59 Å². The van der Waals surface area contributed by atoms with Gasteiger partial charge in [0.1, 0.15) is 93.1 Å². The zero-order chi connectivity index (χ0) is 47.2. The summed E-state index contributed by atoms with van der Waals surface area (Å²) in [5.41, 5.74) is -0.712. The Labute approximate surface area is 360 Å². The van der Waals surface area contributed by atoms with Crippen molar-refractivity contribution >= 4 is 33.9 Å². The molecule has 0 unspecified atom stereocenters. The van der Waals surface area contributed by atoms with Crippen LogP contribution in [0.25, 0.3) is 44.6 Å². The molecule has 4 heterocycles. The van der Waals surface area contributed by atoms with Crippen molar-refractivity contribution in [3.63, 3.8) is 0 Å². The van der Waals surface area contributed by atoms with E-state index in [0.29, 0.717) is 11.1 Å². The highest BCUT2D eigenvalue weighted by Crippen LogP contribution is 2.43. The lowest BCUT2D eigenvalue weighted by Crippen LogP contribution is -2.61. The highest BCUT2D eigenvalue weighted by Gasteiger charge is 2.49. The van der Waals surface area contributed by atoms with Crippen molar-refractivity contribution in [1.82, 2.24) is 0 Å². The first-order valence-electron chi connectivity index (χ1n) is 18.8. The number of rotatable bonds is 8. The van der Waals surface area contributed by atoms with Gasteiger partial charge in [0.2, 0.25) is 18.3 Å². The molecule has 342 valence electrons. The Balaban J connectivity index is 0.000000194. The number of hydrogen-bond acceptors (Lipinski definition) is 21. The fourth-order valence-corrected chi connectivity index (χ4v) is 6.76. The predicted octanol–water partition coefficient (Wildman–Crippen LogP) is -0.0100. The number of aliphatic carboxylic acids is 2. The SMILES string of the molecule is O=C(O)[C@H]1O[C@@H](Oc2cc(O)c3c(=O)cc(-c4ccc(O)cc4)oc3c2)[C@H](O)[C@@H](O)[C@@H]1O.O=C(O)[C@H]1O[C@@H](Oc2cc3oc(-c4ccc(O)cc4)cc(=O)c3c(O)c2O)[C@H](O)[C@@H](O)[C@@H]1O. The zero-order valence-electron chi connectivity index (χ0n) is 32.7. The van der Waals surface area contributed by atoms with Gasteiger partial charge in [0.15, 0.2) is 34.6 Å². The Morgan fingerprint density at radius 3 is 1.38 bits per heavy atom. The third-order valence-electron chi connectivity index (χ3n) is 10.1. The predicted molar refractivity (Wildman–Crippen MR) is 214 cm³/mol. The second-order valence-corrected chi connectivity index (χ2v) is 14.5. The van der Waals surface area contributed by atoms with Gasteiger partial charge in [-0.05, 0) is 48.5 Å². The summed E-state index contributed by atoms with van der Waals surface area (Å²) in [6.45, 7) is 0. The molecule has 65 heavy (non-hydrogen) atoms. The average Bonchev–Trinajstić information content (AvgIpc) is 3.25. The molecule has 8 rings (SSSR count). The van der Waals surface area contributed by atoms with Gasteiger partial charge in [-0.15, -0.1) is 0 Å². The molecule has 13 N–H and O–H groups in total. The van der Waals surface area contributed by atoms with Gasteiger partial charge < -0.3 is 94.2 Å². The molecule has 0 saturated carbocycles. The van der Waals surface area contributed by atoms with Crippen molar-refractivity contribution in [2.75, 3.05) is 0 Å². The van der Waals surface area contributed by atoms with Gasteiger partial charge in [-0.1, -0.05) is 0 Å². The summed E-state index contributed by atoms with van der Waals surface area (Å²) in [6, 6.07) is 17.0. The minimum Gasteiger partial charge on any atom is -0.508 e. The van der Waals surface area contributed by atoms with Gasteiger partial charge in [0.05, 0.1) is 0 Å². The number of phenolic OH excluding ortho intramolecular Hbond substituents is 5. The van der Waals surface area contributed by atoms with E-state index in [-0.39, 0.29) is 50.7 Å². The molecular formula is C42H36O23. The van der Waals surface area contributed by atoms with Crippen molar-refractivity contribution in [1.29, 1.82) is 0 Å². The summed E-state index contributed by atoms with van der Waals surface area (Å²) in [6.07, 6.45) is -18.8. The maximum absolute atomic E-state index is 12.6. The largest absolute Gasteiger partial charge is 0.508 e. The van der Waals surface area contributed by atoms with Crippen LogP contribution in [0.3, 0.4) is 0 Å². The fourth-order valence-electron chi connectivity index (χ4n) is 6.76. The molecule has 23 heteroatoms. The first-order valence-corrected chi connectivity index (χ1v) is 18.8. The van der Waals surface area contributed by atoms with Crippen LogP contribution in [0.15, 0.2) is 97.3 Å². The number of aliphatic hydroxyl groups excluding tert-OH is 6. The van der Waals surface area contributed by atoms with E-state index in [1.165, 1.54) is 54.6 Å². The highest BCUT2D eigenvalue weighted by molar-refractivity contribution is 5.89. The van der Waals surface area contributed by atoms with Gasteiger partial charge in [-0.2, -0.15) is 0 Å². The standard InChI is InChI=1S/C21H18O12.C21H18O11/c22-8-3-1-7(2-4-8)10-5-9(23)13-11(31-10)6-12(14(24)15(13)25)32-21-18(28)16(26)17(27)19(33-21)20(29)30;22-9-3-1-8(2-4-9)13-7-12(24)15-11(23)5-10(6-14(15)31-13)30-21-18(27)16(25)17(26)19(32-21)20(28)29/h1-6,16-19,21-22,24-28H,(H,29,30);1-7,16-19,21-23,25-27H,(H,28,29)/t2*16-,17-,18+,19-,21+/m00/s1. The van der Waals surface area contributed by atoms with E-state index in [9.17, 15) is 75.3 Å². The van der Waals surface area contributed by atoms with E-state index in [1.54, 1.807) is 0 Å². The lowest BCUT2D eigenvalue weighted by Gasteiger charge is -2.38. The molecule has 6 aromatic rings. The number of fused-ring (bicyclic) bond motifs is 2. The van der Waals surface area contributed by atoms with Crippen LogP contribution in [0, 0.1) is 0 Å². The normalized spacial score (nSPS) is 25.3. The summed E-state index contributed by atoms with van der Waals surface area (Å²) < 4.78 is 32.0. The van der Waals surface area contributed by atoms with E-state index in [2.05, 4.69) is 0 Å².